The Balaban J connectivity index is 2.17. The van der Waals surface area contributed by atoms with Crippen LogP contribution in [0.4, 0.5) is 0 Å². The zero-order chi connectivity index (χ0) is 12.3. The Morgan fingerprint density at radius 2 is 2.18 bits per heavy atom. The minimum absolute atomic E-state index is 0.359. The van der Waals surface area contributed by atoms with Gasteiger partial charge in [-0.3, -0.25) is 0 Å². The van der Waals surface area contributed by atoms with Crippen molar-refractivity contribution in [2.45, 2.75) is 19.3 Å². The lowest BCUT2D eigenvalue weighted by atomic mass is 9.87. The molecule has 0 radical (unpaired) electrons. The van der Waals surface area contributed by atoms with Crippen molar-refractivity contribution in [3.63, 3.8) is 0 Å². The van der Waals surface area contributed by atoms with Crippen molar-refractivity contribution in [2.24, 2.45) is 5.92 Å². The molecule has 0 amide bonds. The summed E-state index contributed by atoms with van der Waals surface area (Å²) in [5, 5.41) is 9.52. The average molecular weight is 231 g/mol. The SMILES string of the molecule is CN(C)CC1C=C(c2cccc(O)c2)CCC1. The van der Waals surface area contributed by atoms with Crippen LogP contribution in [0.25, 0.3) is 5.57 Å². The van der Waals surface area contributed by atoms with Crippen molar-refractivity contribution < 1.29 is 5.11 Å². The summed E-state index contributed by atoms with van der Waals surface area (Å²) in [6.07, 6.45) is 6.05. The first-order valence-electron chi connectivity index (χ1n) is 6.30. The third-order valence-electron chi connectivity index (χ3n) is 3.27. The lowest BCUT2D eigenvalue weighted by Gasteiger charge is -2.24. The fourth-order valence-electron chi connectivity index (χ4n) is 2.57. The van der Waals surface area contributed by atoms with Gasteiger partial charge in [0.25, 0.3) is 0 Å². The predicted molar refractivity (Wildman–Crippen MR) is 72.0 cm³/mol. The highest BCUT2D eigenvalue weighted by atomic mass is 16.3. The Morgan fingerprint density at radius 3 is 2.88 bits per heavy atom. The summed E-state index contributed by atoms with van der Waals surface area (Å²) in [5.41, 5.74) is 2.56. The lowest BCUT2D eigenvalue weighted by molar-refractivity contribution is 0.341. The maximum Gasteiger partial charge on any atom is 0.116 e. The third-order valence-corrected chi connectivity index (χ3v) is 3.27. The molecule has 1 aromatic carbocycles. The van der Waals surface area contributed by atoms with Gasteiger partial charge < -0.3 is 10.0 Å². The zero-order valence-electron chi connectivity index (χ0n) is 10.7. The standard InChI is InChI=1S/C15H21NO/c1-16(2)11-12-5-3-6-13(9-12)14-7-4-8-15(17)10-14/h4,7-10,12,17H,3,5-6,11H2,1-2H3. The fourth-order valence-corrected chi connectivity index (χ4v) is 2.57. The van der Waals surface area contributed by atoms with Gasteiger partial charge in [-0.1, -0.05) is 18.2 Å². The smallest absolute Gasteiger partial charge is 0.116 e. The summed E-state index contributed by atoms with van der Waals surface area (Å²) in [4.78, 5) is 2.24. The molecule has 0 aliphatic heterocycles. The second-order valence-electron chi connectivity index (χ2n) is 5.16. The highest BCUT2D eigenvalue weighted by Gasteiger charge is 2.15. The normalized spacial score (nSPS) is 20.4. The topological polar surface area (TPSA) is 23.5 Å². The lowest BCUT2D eigenvalue weighted by Crippen LogP contribution is -2.22. The quantitative estimate of drug-likeness (QED) is 0.864. The number of benzene rings is 1. The Bertz CT molecular complexity index is 409. The highest BCUT2D eigenvalue weighted by molar-refractivity contribution is 5.67. The van der Waals surface area contributed by atoms with E-state index in [2.05, 4.69) is 31.1 Å². The van der Waals surface area contributed by atoms with Crippen LogP contribution in [-0.4, -0.2) is 30.6 Å². The van der Waals surface area contributed by atoms with Crippen molar-refractivity contribution in [3.05, 3.63) is 35.9 Å². The maximum atomic E-state index is 9.52. The summed E-state index contributed by atoms with van der Waals surface area (Å²) in [7, 11) is 4.24. The molecule has 92 valence electrons. The van der Waals surface area contributed by atoms with Crippen molar-refractivity contribution in [1.29, 1.82) is 0 Å². The van der Waals surface area contributed by atoms with E-state index in [-0.39, 0.29) is 0 Å². The third kappa shape index (κ3) is 3.34. The molecule has 0 fully saturated rings. The van der Waals surface area contributed by atoms with Gasteiger partial charge in [-0.25, -0.2) is 0 Å². The van der Waals surface area contributed by atoms with Crippen LogP contribution in [-0.2, 0) is 0 Å². The molecule has 2 heteroatoms. The summed E-state index contributed by atoms with van der Waals surface area (Å²) in [5.74, 6) is 1.01. The maximum absolute atomic E-state index is 9.52. The van der Waals surface area contributed by atoms with Gasteiger partial charge in [0.15, 0.2) is 0 Å². The number of aromatic hydroxyl groups is 1. The number of nitrogens with zero attached hydrogens (tertiary/aromatic N) is 1. The highest BCUT2D eigenvalue weighted by Crippen LogP contribution is 2.31. The number of allylic oxidation sites excluding steroid dienone is 1. The molecule has 17 heavy (non-hydrogen) atoms. The first kappa shape index (κ1) is 12.2. The van der Waals surface area contributed by atoms with Crippen LogP contribution in [0.1, 0.15) is 24.8 Å². The van der Waals surface area contributed by atoms with Crippen LogP contribution in [0.2, 0.25) is 0 Å². The second-order valence-corrected chi connectivity index (χ2v) is 5.16. The Morgan fingerprint density at radius 1 is 1.35 bits per heavy atom. The predicted octanol–water partition coefficient (Wildman–Crippen LogP) is 3.14. The van der Waals surface area contributed by atoms with Crippen LogP contribution in [0, 0.1) is 5.92 Å². The molecule has 1 aliphatic carbocycles. The van der Waals surface area contributed by atoms with Crippen LogP contribution in [0.15, 0.2) is 30.3 Å². The van der Waals surface area contributed by atoms with E-state index in [4.69, 9.17) is 0 Å². The molecule has 1 N–H and O–H groups in total. The van der Waals surface area contributed by atoms with Crippen LogP contribution < -0.4 is 0 Å². The van der Waals surface area contributed by atoms with Gasteiger partial charge in [-0.15, -0.1) is 0 Å². The summed E-state index contributed by atoms with van der Waals surface area (Å²) in [6.45, 7) is 1.11. The van der Waals surface area contributed by atoms with Gasteiger partial charge in [0.1, 0.15) is 5.75 Å². The van der Waals surface area contributed by atoms with Crippen LogP contribution in [0.5, 0.6) is 5.75 Å². The molecule has 1 aliphatic rings. The van der Waals surface area contributed by atoms with E-state index in [1.807, 2.05) is 12.1 Å². The molecule has 1 unspecified atom stereocenters. The molecule has 0 spiro atoms. The molecule has 2 nitrogen and oxygen atoms in total. The monoisotopic (exact) mass is 231 g/mol. The fraction of sp³-hybridized carbons (Fsp3) is 0.467. The van der Waals surface area contributed by atoms with Gasteiger partial charge in [-0.05, 0) is 62.5 Å². The molecular formula is C15H21NO. The van der Waals surface area contributed by atoms with Gasteiger partial charge in [-0.2, -0.15) is 0 Å². The van der Waals surface area contributed by atoms with Gasteiger partial charge in [0.2, 0.25) is 0 Å². The second kappa shape index (κ2) is 5.37. The van der Waals surface area contributed by atoms with Gasteiger partial charge in [0.05, 0.1) is 0 Å². The first-order valence-corrected chi connectivity index (χ1v) is 6.30. The van der Waals surface area contributed by atoms with Crippen molar-refractivity contribution in [2.75, 3.05) is 20.6 Å². The van der Waals surface area contributed by atoms with Crippen molar-refractivity contribution >= 4 is 5.57 Å². The molecular weight excluding hydrogens is 210 g/mol. The number of rotatable bonds is 3. The number of hydrogen-bond acceptors (Lipinski definition) is 2. The molecule has 2 rings (SSSR count). The van der Waals surface area contributed by atoms with Crippen molar-refractivity contribution in [1.82, 2.24) is 4.90 Å². The number of hydrogen-bond donors (Lipinski definition) is 1. The molecule has 0 saturated heterocycles. The average Bonchev–Trinajstić information content (AvgIpc) is 2.28. The summed E-state index contributed by atoms with van der Waals surface area (Å²) in [6, 6.07) is 7.60. The zero-order valence-corrected chi connectivity index (χ0v) is 10.7. The molecule has 0 bridgehead atoms. The Hall–Kier alpha value is -1.28. The van der Waals surface area contributed by atoms with E-state index in [9.17, 15) is 5.11 Å². The van der Waals surface area contributed by atoms with Crippen LogP contribution in [0.3, 0.4) is 0 Å². The number of phenolic OH excluding ortho intramolecular Hbond substituents is 1. The summed E-state index contributed by atoms with van der Waals surface area (Å²) >= 11 is 0. The van der Waals surface area contributed by atoms with E-state index >= 15 is 0 Å². The van der Waals surface area contributed by atoms with Gasteiger partial charge >= 0.3 is 0 Å². The molecule has 0 saturated carbocycles. The molecule has 0 heterocycles. The van der Waals surface area contributed by atoms with Gasteiger partial charge in [0, 0.05) is 6.54 Å². The van der Waals surface area contributed by atoms with E-state index in [1.165, 1.54) is 24.0 Å². The Labute approximate surface area is 104 Å². The summed E-state index contributed by atoms with van der Waals surface area (Å²) < 4.78 is 0. The number of phenols is 1. The van der Waals surface area contributed by atoms with E-state index in [0.717, 1.165) is 13.0 Å². The minimum Gasteiger partial charge on any atom is -0.508 e. The van der Waals surface area contributed by atoms with E-state index in [0.29, 0.717) is 11.7 Å². The van der Waals surface area contributed by atoms with Crippen LogP contribution >= 0.6 is 0 Å². The molecule has 1 aromatic rings. The van der Waals surface area contributed by atoms with Crippen molar-refractivity contribution in [3.8, 4) is 5.75 Å². The van der Waals surface area contributed by atoms with E-state index < -0.39 is 0 Å². The molecule has 1 atom stereocenters. The largest absolute Gasteiger partial charge is 0.508 e. The first-order chi connectivity index (χ1) is 8.15. The Kier molecular flexibility index (Phi) is 3.85. The molecule has 0 aromatic heterocycles. The van der Waals surface area contributed by atoms with E-state index in [1.54, 1.807) is 6.07 Å². The minimum atomic E-state index is 0.359.